The lowest BCUT2D eigenvalue weighted by atomic mass is 9.92. The van der Waals surface area contributed by atoms with E-state index in [0.717, 1.165) is 35.0 Å². The smallest absolute Gasteiger partial charge is 0.253 e. The third-order valence-electron chi connectivity index (χ3n) is 6.06. The Labute approximate surface area is 180 Å². The zero-order valence-corrected chi connectivity index (χ0v) is 18.2. The average Bonchev–Trinajstić information content (AvgIpc) is 3.26. The van der Waals surface area contributed by atoms with Gasteiger partial charge >= 0.3 is 0 Å². The van der Waals surface area contributed by atoms with Crippen LogP contribution in [0.5, 0.6) is 0 Å². The van der Waals surface area contributed by atoms with E-state index in [1.54, 1.807) is 22.5 Å². The van der Waals surface area contributed by atoms with Gasteiger partial charge in [0, 0.05) is 31.7 Å². The van der Waals surface area contributed by atoms with Crippen molar-refractivity contribution >= 4 is 37.5 Å². The molecule has 156 valence electrons. The maximum atomic E-state index is 13.2. The van der Waals surface area contributed by atoms with Gasteiger partial charge in [0.05, 0.1) is 20.6 Å². The Morgan fingerprint density at radius 1 is 0.933 bits per heavy atom. The van der Waals surface area contributed by atoms with Crippen molar-refractivity contribution in [2.75, 3.05) is 26.2 Å². The van der Waals surface area contributed by atoms with Crippen molar-refractivity contribution in [2.45, 2.75) is 30.6 Å². The Bertz CT molecular complexity index is 1210. The summed E-state index contributed by atoms with van der Waals surface area (Å²) >= 11 is 1.51. The van der Waals surface area contributed by atoms with E-state index in [4.69, 9.17) is 0 Å². The number of aromatic nitrogens is 1. The van der Waals surface area contributed by atoms with Crippen molar-refractivity contribution < 1.29 is 13.2 Å². The zero-order chi connectivity index (χ0) is 20.7. The zero-order valence-electron chi connectivity index (χ0n) is 16.6. The summed E-state index contributed by atoms with van der Waals surface area (Å²) in [5.41, 5.74) is 5.71. The Morgan fingerprint density at radius 3 is 2.50 bits per heavy atom. The van der Waals surface area contributed by atoms with Gasteiger partial charge in [-0.15, -0.1) is 11.3 Å². The average molecular weight is 442 g/mol. The monoisotopic (exact) mass is 441 g/mol. The number of hydrogen-bond donors (Lipinski definition) is 0. The Balaban J connectivity index is 1.29. The SMILES string of the molecule is O=C(c1ccc2ncsc2c1)N1CCN(S(=O)(=O)c2ccc3c(c2)CCCC3)CC1. The summed E-state index contributed by atoms with van der Waals surface area (Å²) in [5.74, 6) is -0.0591. The highest BCUT2D eigenvalue weighted by atomic mass is 32.2. The normalized spacial score (nSPS) is 17.8. The van der Waals surface area contributed by atoms with E-state index < -0.39 is 10.0 Å². The van der Waals surface area contributed by atoms with Gasteiger partial charge in [0.15, 0.2) is 0 Å². The van der Waals surface area contributed by atoms with Crippen LogP contribution in [0.15, 0.2) is 46.8 Å². The number of carbonyl (C=O) groups excluding carboxylic acids is 1. The predicted octanol–water partition coefficient (Wildman–Crippen LogP) is 3.32. The highest BCUT2D eigenvalue weighted by molar-refractivity contribution is 7.89. The molecule has 0 N–H and O–H groups in total. The fraction of sp³-hybridized carbons (Fsp3) is 0.364. The number of fused-ring (bicyclic) bond motifs is 2. The Kier molecular flexibility index (Phi) is 5.08. The summed E-state index contributed by atoms with van der Waals surface area (Å²) < 4.78 is 28.8. The van der Waals surface area contributed by atoms with Crippen molar-refractivity contribution in [1.29, 1.82) is 0 Å². The van der Waals surface area contributed by atoms with Crippen molar-refractivity contribution in [3.8, 4) is 0 Å². The van der Waals surface area contributed by atoms with Crippen LogP contribution in [0.1, 0.15) is 34.3 Å². The van der Waals surface area contributed by atoms with Gasteiger partial charge in [0.25, 0.3) is 5.91 Å². The number of benzene rings is 2. The second-order valence-corrected chi connectivity index (χ2v) is 10.7. The minimum atomic E-state index is -3.54. The van der Waals surface area contributed by atoms with E-state index in [0.29, 0.717) is 36.6 Å². The highest BCUT2D eigenvalue weighted by Gasteiger charge is 2.31. The third kappa shape index (κ3) is 3.53. The quantitative estimate of drug-likeness (QED) is 0.625. The van der Waals surface area contributed by atoms with Gasteiger partial charge < -0.3 is 4.90 Å². The molecule has 1 fully saturated rings. The summed E-state index contributed by atoms with van der Waals surface area (Å²) in [6.45, 7) is 1.41. The molecule has 0 bridgehead atoms. The van der Waals surface area contributed by atoms with Crippen LogP contribution in [0.2, 0.25) is 0 Å². The Morgan fingerprint density at radius 2 is 1.70 bits per heavy atom. The largest absolute Gasteiger partial charge is 0.336 e. The molecule has 1 aromatic heterocycles. The molecule has 3 aromatic rings. The molecule has 2 heterocycles. The molecule has 6 nitrogen and oxygen atoms in total. The first kappa shape index (κ1) is 19.7. The summed E-state index contributed by atoms with van der Waals surface area (Å²) in [4.78, 5) is 19.2. The summed E-state index contributed by atoms with van der Waals surface area (Å²) in [5, 5.41) is 0. The standard InChI is InChI=1S/C22H23N3O3S2/c26-22(18-6-8-20-21(14-18)29-15-23-20)24-9-11-25(12-10-24)30(27,28)19-7-5-16-3-1-2-4-17(16)13-19/h5-8,13-15H,1-4,9-12H2. The number of amides is 1. The molecule has 0 unspecified atom stereocenters. The number of rotatable bonds is 3. The number of sulfonamides is 1. The molecule has 0 spiro atoms. The highest BCUT2D eigenvalue weighted by Crippen LogP contribution is 2.26. The minimum absolute atomic E-state index is 0.0591. The van der Waals surface area contributed by atoms with Gasteiger partial charge in [-0.05, 0) is 67.1 Å². The molecule has 0 atom stereocenters. The van der Waals surface area contributed by atoms with E-state index in [9.17, 15) is 13.2 Å². The van der Waals surface area contributed by atoms with Crippen LogP contribution >= 0.6 is 11.3 Å². The molecule has 0 saturated carbocycles. The molecule has 0 radical (unpaired) electrons. The lowest BCUT2D eigenvalue weighted by Gasteiger charge is -2.34. The molecule has 30 heavy (non-hydrogen) atoms. The lowest BCUT2D eigenvalue weighted by Crippen LogP contribution is -2.50. The molecule has 8 heteroatoms. The van der Waals surface area contributed by atoms with Crippen LogP contribution in [-0.4, -0.2) is 54.7 Å². The van der Waals surface area contributed by atoms with Crippen LogP contribution in [0, 0.1) is 0 Å². The van der Waals surface area contributed by atoms with E-state index in [2.05, 4.69) is 4.98 Å². The molecule has 5 rings (SSSR count). The maximum absolute atomic E-state index is 13.2. The van der Waals surface area contributed by atoms with E-state index in [1.807, 2.05) is 24.3 Å². The van der Waals surface area contributed by atoms with Gasteiger partial charge in [-0.3, -0.25) is 4.79 Å². The maximum Gasteiger partial charge on any atom is 0.253 e. The fourth-order valence-corrected chi connectivity index (χ4v) is 6.51. The molecular weight excluding hydrogens is 418 g/mol. The van der Waals surface area contributed by atoms with Gasteiger partial charge in [-0.25, -0.2) is 13.4 Å². The third-order valence-corrected chi connectivity index (χ3v) is 8.75. The van der Waals surface area contributed by atoms with E-state index in [-0.39, 0.29) is 5.91 Å². The van der Waals surface area contributed by atoms with Gasteiger partial charge in [-0.2, -0.15) is 4.31 Å². The second kappa shape index (κ2) is 7.76. The van der Waals surface area contributed by atoms with Crippen LogP contribution in [0.4, 0.5) is 0 Å². The number of nitrogens with zero attached hydrogens (tertiary/aromatic N) is 3. The molecule has 1 amide bonds. The van der Waals surface area contributed by atoms with Crippen molar-refractivity contribution in [3.05, 3.63) is 58.6 Å². The number of carbonyl (C=O) groups is 1. The second-order valence-electron chi connectivity index (χ2n) is 7.87. The molecule has 2 aromatic carbocycles. The van der Waals surface area contributed by atoms with Crippen LogP contribution in [0.3, 0.4) is 0 Å². The van der Waals surface area contributed by atoms with Gasteiger partial charge in [-0.1, -0.05) is 6.07 Å². The van der Waals surface area contributed by atoms with Crippen LogP contribution < -0.4 is 0 Å². The van der Waals surface area contributed by atoms with Crippen LogP contribution in [0.25, 0.3) is 10.2 Å². The molecule has 2 aliphatic rings. The molecule has 1 saturated heterocycles. The van der Waals surface area contributed by atoms with Crippen molar-refractivity contribution in [3.63, 3.8) is 0 Å². The van der Waals surface area contributed by atoms with Crippen molar-refractivity contribution in [1.82, 2.24) is 14.2 Å². The van der Waals surface area contributed by atoms with Gasteiger partial charge in [0.1, 0.15) is 0 Å². The first-order valence-corrected chi connectivity index (χ1v) is 12.6. The number of thiazole rings is 1. The first-order chi connectivity index (χ1) is 14.5. The lowest BCUT2D eigenvalue weighted by molar-refractivity contribution is 0.0698. The van der Waals surface area contributed by atoms with E-state index in [1.165, 1.54) is 27.6 Å². The predicted molar refractivity (Wildman–Crippen MR) is 117 cm³/mol. The summed E-state index contributed by atoms with van der Waals surface area (Å²) in [7, 11) is -3.54. The van der Waals surface area contributed by atoms with Crippen LogP contribution in [-0.2, 0) is 22.9 Å². The molecule has 1 aliphatic carbocycles. The number of hydrogen-bond acceptors (Lipinski definition) is 5. The molecular formula is C22H23N3O3S2. The summed E-state index contributed by atoms with van der Waals surface area (Å²) in [6.07, 6.45) is 4.27. The number of aryl methyl sites for hydroxylation is 2. The minimum Gasteiger partial charge on any atom is -0.336 e. The fourth-order valence-electron chi connectivity index (χ4n) is 4.32. The Hall–Kier alpha value is -2.29. The summed E-state index contributed by atoms with van der Waals surface area (Å²) in [6, 6.07) is 11.1. The van der Waals surface area contributed by atoms with Crippen molar-refractivity contribution in [2.24, 2.45) is 0 Å². The topological polar surface area (TPSA) is 70.6 Å². The van der Waals surface area contributed by atoms with Gasteiger partial charge in [0.2, 0.25) is 10.0 Å². The first-order valence-electron chi connectivity index (χ1n) is 10.3. The molecule has 1 aliphatic heterocycles. The van der Waals surface area contributed by atoms with E-state index >= 15 is 0 Å². The number of piperazine rings is 1.